The summed E-state index contributed by atoms with van der Waals surface area (Å²) < 4.78 is 21.2. The van der Waals surface area contributed by atoms with E-state index in [1.807, 2.05) is 0 Å². The van der Waals surface area contributed by atoms with Gasteiger partial charge in [0.2, 0.25) is 11.7 Å². The van der Waals surface area contributed by atoms with Gasteiger partial charge in [-0.3, -0.25) is 0 Å². The molecule has 140 valence electrons. The maximum Gasteiger partial charge on any atom is 0.342 e. The Balaban J connectivity index is 1.51. The largest absolute Gasteiger partial charge is 0.490 e. The number of halogens is 1. The van der Waals surface area contributed by atoms with Crippen molar-refractivity contribution >= 4 is 17.6 Å². The summed E-state index contributed by atoms with van der Waals surface area (Å²) >= 11 is 5.81. The highest BCUT2D eigenvalue weighted by atomic mass is 35.5. The molecular formula is C19H17ClN2O5. The number of carbonyl (C=O) groups is 1. The Hall–Kier alpha value is -3.06. The third kappa shape index (κ3) is 5.46. The highest BCUT2D eigenvalue weighted by molar-refractivity contribution is 6.30. The lowest BCUT2D eigenvalue weighted by Gasteiger charge is -2.11. The predicted octanol–water partition coefficient (Wildman–Crippen LogP) is 3.85. The molecule has 0 saturated heterocycles. The maximum absolute atomic E-state index is 12.3. The topological polar surface area (TPSA) is 83.7 Å². The van der Waals surface area contributed by atoms with Crippen molar-refractivity contribution < 1.29 is 23.5 Å². The molecule has 8 heteroatoms. The summed E-state index contributed by atoms with van der Waals surface area (Å²) in [6, 6.07) is 13.7. The molecule has 0 amide bonds. The molecule has 0 aliphatic rings. The van der Waals surface area contributed by atoms with Gasteiger partial charge in [0.25, 0.3) is 0 Å². The van der Waals surface area contributed by atoms with E-state index in [0.717, 1.165) is 0 Å². The second-order valence-electron chi connectivity index (χ2n) is 5.45. The number of benzene rings is 2. The van der Waals surface area contributed by atoms with Crippen LogP contribution in [0.4, 0.5) is 0 Å². The Morgan fingerprint density at radius 2 is 1.85 bits per heavy atom. The zero-order chi connectivity index (χ0) is 19.1. The zero-order valence-corrected chi connectivity index (χ0v) is 15.3. The summed E-state index contributed by atoms with van der Waals surface area (Å²) in [6.07, 6.45) is 0. The lowest BCUT2D eigenvalue weighted by molar-refractivity contribution is 0.0445. The molecule has 2 aromatic carbocycles. The molecular weight excluding hydrogens is 372 g/mol. The normalized spacial score (nSPS) is 10.4. The molecule has 0 aliphatic heterocycles. The van der Waals surface area contributed by atoms with Crippen molar-refractivity contribution in [3.8, 4) is 11.5 Å². The van der Waals surface area contributed by atoms with Crippen molar-refractivity contribution in [3.05, 3.63) is 70.8 Å². The molecule has 7 nitrogen and oxygen atoms in total. The number of ether oxygens (including phenoxy) is 3. The Morgan fingerprint density at radius 1 is 1.07 bits per heavy atom. The van der Waals surface area contributed by atoms with Gasteiger partial charge < -0.3 is 18.7 Å². The van der Waals surface area contributed by atoms with Gasteiger partial charge in [0, 0.05) is 11.9 Å². The average Bonchev–Trinajstić information content (AvgIpc) is 3.10. The SMILES string of the molecule is Cc1nc(COc2ccccc2C(=O)OCCOc2ccc(Cl)cc2)no1. The van der Waals surface area contributed by atoms with Gasteiger partial charge in [-0.2, -0.15) is 4.98 Å². The molecule has 3 aromatic rings. The van der Waals surface area contributed by atoms with Gasteiger partial charge in [0.1, 0.15) is 30.3 Å². The minimum absolute atomic E-state index is 0.0846. The van der Waals surface area contributed by atoms with Crippen LogP contribution in [-0.2, 0) is 11.3 Å². The summed E-state index contributed by atoms with van der Waals surface area (Å²) in [6.45, 7) is 2.09. The second-order valence-corrected chi connectivity index (χ2v) is 5.89. The Morgan fingerprint density at radius 3 is 2.59 bits per heavy atom. The molecule has 1 aromatic heterocycles. The third-order valence-corrected chi connectivity index (χ3v) is 3.68. The third-order valence-electron chi connectivity index (χ3n) is 3.43. The van der Waals surface area contributed by atoms with Crippen LogP contribution >= 0.6 is 11.6 Å². The number of aromatic nitrogens is 2. The summed E-state index contributed by atoms with van der Waals surface area (Å²) in [5.41, 5.74) is 0.309. The fourth-order valence-electron chi connectivity index (χ4n) is 2.21. The van der Waals surface area contributed by atoms with Gasteiger partial charge in [-0.15, -0.1) is 0 Å². The molecule has 0 fully saturated rings. The number of carbonyl (C=O) groups excluding carboxylic acids is 1. The van der Waals surface area contributed by atoms with Crippen molar-refractivity contribution in [2.24, 2.45) is 0 Å². The number of esters is 1. The van der Waals surface area contributed by atoms with Crippen LogP contribution in [0.25, 0.3) is 0 Å². The molecule has 0 unspecified atom stereocenters. The lowest BCUT2D eigenvalue weighted by atomic mass is 10.2. The Labute approximate surface area is 160 Å². The first kappa shape index (κ1) is 18.7. The van der Waals surface area contributed by atoms with Crippen LogP contribution in [-0.4, -0.2) is 29.3 Å². The van der Waals surface area contributed by atoms with Gasteiger partial charge in [-0.25, -0.2) is 4.79 Å². The van der Waals surface area contributed by atoms with Gasteiger partial charge in [-0.1, -0.05) is 28.9 Å². The summed E-state index contributed by atoms with van der Waals surface area (Å²) in [5.74, 6) is 1.36. The molecule has 27 heavy (non-hydrogen) atoms. The van der Waals surface area contributed by atoms with E-state index < -0.39 is 5.97 Å². The van der Waals surface area contributed by atoms with Gasteiger partial charge in [0.15, 0.2) is 6.61 Å². The number of aryl methyl sites for hydroxylation is 1. The molecule has 0 aliphatic carbocycles. The van der Waals surface area contributed by atoms with Gasteiger partial charge in [0.05, 0.1) is 0 Å². The molecule has 0 bridgehead atoms. The summed E-state index contributed by atoms with van der Waals surface area (Å²) in [7, 11) is 0. The van der Waals surface area contributed by atoms with Crippen molar-refractivity contribution in [1.82, 2.24) is 10.1 Å². The monoisotopic (exact) mass is 388 g/mol. The van der Waals surface area contributed by atoms with Crippen molar-refractivity contribution in [3.63, 3.8) is 0 Å². The van der Waals surface area contributed by atoms with E-state index in [1.165, 1.54) is 0 Å². The van der Waals surface area contributed by atoms with Gasteiger partial charge in [-0.05, 0) is 36.4 Å². The molecule has 0 spiro atoms. The molecule has 0 atom stereocenters. The minimum Gasteiger partial charge on any atom is -0.490 e. The van der Waals surface area contributed by atoms with E-state index >= 15 is 0 Å². The number of rotatable bonds is 8. The first-order valence-electron chi connectivity index (χ1n) is 8.18. The Kier molecular flexibility index (Phi) is 6.27. The predicted molar refractivity (Wildman–Crippen MR) is 97.0 cm³/mol. The summed E-state index contributed by atoms with van der Waals surface area (Å²) in [5, 5.41) is 4.37. The molecule has 0 radical (unpaired) electrons. The van der Waals surface area contributed by atoms with E-state index in [-0.39, 0.29) is 19.8 Å². The molecule has 1 heterocycles. The van der Waals surface area contributed by atoms with Crippen molar-refractivity contribution in [1.29, 1.82) is 0 Å². The summed E-state index contributed by atoms with van der Waals surface area (Å²) in [4.78, 5) is 16.4. The van der Waals surface area contributed by atoms with Crippen LogP contribution in [0.1, 0.15) is 22.1 Å². The van der Waals surface area contributed by atoms with E-state index in [1.54, 1.807) is 55.5 Å². The number of nitrogens with zero attached hydrogens (tertiary/aromatic N) is 2. The molecule has 3 rings (SSSR count). The lowest BCUT2D eigenvalue weighted by Crippen LogP contribution is -2.13. The van der Waals surface area contributed by atoms with E-state index in [4.69, 9.17) is 30.3 Å². The second kappa shape index (κ2) is 9.05. The quantitative estimate of drug-likeness (QED) is 0.428. The average molecular weight is 389 g/mol. The number of para-hydroxylation sites is 1. The van der Waals surface area contributed by atoms with E-state index in [9.17, 15) is 4.79 Å². The van der Waals surface area contributed by atoms with Crippen LogP contribution in [0, 0.1) is 6.92 Å². The fourth-order valence-corrected chi connectivity index (χ4v) is 2.33. The zero-order valence-electron chi connectivity index (χ0n) is 14.6. The fraction of sp³-hybridized carbons (Fsp3) is 0.211. The van der Waals surface area contributed by atoms with E-state index in [2.05, 4.69) is 10.1 Å². The van der Waals surface area contributed by atoms with E-state index in [0.29, 0.717) is 33.8 Å². The van der Waals surface area contributed by atoms with Crippen molar-refractivity contribution in [2.75, 3.05) is 13.2 Å². The number of hydrogen-bond donors (Lipinski definition) is 0. The smallest absolute Gasteiger partial charge is 0.342 e. The highest BCUT2D eigenvalue weighted by Gasteiger charge is 2.14. The standard InChI is InChI=1S/C19H17ClN2O5/c1-13-21-18(22-27-13)12-26-17-5-3-2-4-16(17)19(23)25-11-10-24-15-8-6-14(20)7-9-15/h2-9H,10-12H2,1H3. The number of hydrogen-bond acceptors (Lipinski definition) is 7. The van der Waals surface area contributed by atoms with Gasteiger partial charge >= 0.3 is 5.97 Å². The van der Waals surface area contributed by atoms with Crippen LogP contribution in [0.3, 0.4) is 0 Å². The first-order valence-corrected chi connectivity index (χ1v) is 8.56. The van der Waals surface area contributed by atoms with Crippen molar-refractivity contribution in [2.45, 2.75) is 13.5 Å². The first-order chi connectivity index (χ1) is 13.1. The maximum atomic E-state index is 12.3. The molecule has 0 N–H and O–H groups in total. The minimum atomic E-state index is -0.505. The van der Waals surface area contributed by atoms with Crippen LogP contribution < -0.4 is 9.47 Å². The van der Waals surface area contributed by atoms with Crippen LogP contribution in [0.5, 0.6) is 11.5 Å². The molecule has 0 saturated carbocycles. The highest BCUT2D eigenvalue weighted by Crippen LogP contribution is 2.20. The van der Waals surface area contributed by atoms with Crippen LogP contribution in [0.2, 0.25) is 5.02 Å². The Bertz CT molecular complexity index is 895. The van der Waals surface area contributed by atoms with Crippen LogP contribution in [0.15, 0.2) is 53.1 Å².